The molecular weight excluding hydrogens is 427 g/mol. The largest absolute Gasteiger partial charge is 0.484 e. The Kier molecular flexibility index (Phi) is 8.89. The predicted molar refractivity (Wildman–Crippen MR) is 113 cm³/mol. The second-order valence-electron chi connectivity index (χ2n) is 6.73. The molecule has 0 aliphatic carbocycles. The molecule has 0 saturated carbocycles. The zero-order valence-electron chi connectivity index (χ0n) is 17.2. The lowest BCUT2D eigenvalue weighted by Crippen LogP contribution is -2.45. The van der Waals surface area contributed by atoms with Crippen molar-refractivity contribution in [2.24, 2.45) is 0 Å². The highest BCUT2D eigenvalue weighted by atomic mass is 35.5. The second kappa shape index (κ2) is 11.4. The van der Waals surface area contributed by atoms with Crippen LogP contribution in [0, 0.1) is 19.7 Å². The molecule has 0 aliphatic rings. The molecular formula is C21H24ClFN4O4. The molecule has 1 aromatic heterocycles. The second-order valence-corrected chi connectivity index (χ2v) is 7.14. The number of halogens is 2. The topological polar surface area (TPSA) is 113 Å². The van der Waals surface area contributed by atoms with Crippen molar-refractivity contribution in [3.8, 4) is 5.75 Å². The fourth-order valence-electron chi connectivity index (χ4n) is 2.51. The van der Waals surface area contributed by atoms with E-state index in [0.717, 1.165) is 11.8 Å². The molecule has 2 aromatic rings. The van der Waals surface area contributed by atoms with E-state index in [2.05, 4.69) is 27.2 Å². The van der Waals surface area contributed by atoms with Gasteiger partial charge in [0, 0.05) is 12.6 Å². The van der Waals surface area contributed by atoms with Crippen molar-refractivity contribution in [3.63, 3.8) is 0 Å². The summed E-state index contributed by atoms with van der Waals surface area (Å²) in [5.74, 6) is -1.46. The maximum atomic E-state index is 13.4. The lowest BCUT2D eigenvalue weighted by molar-refractivity contribution is -0.124. The molecule has 0 spiro atoms. The van der Waals surface area contributed by atoms with Crippen molar-refractivity contribution in [2.45, 2.75) is 32.4 Å². The number of hydrogen-bond acceptors (Lipinski definition) is 6. The molecule has 166 valence electrons. The van der Waals surface area contributed by atoms with Crippen molar-refractivity contribution < 1.29 is 23.8 Å². The minimum atomic E-state index is -0.999. The number of benzene rings is 1. The van der Waals surface area contributed by atoms with Gasteiger partial charge in [0.2, 0.25) is 0 Å². The minimum absolute atomic E-state index is 0.0525. The number of amides is 2. The first kappa shape index (κ1) is 24.2. The van der Waals surface area contributed by atoms with Gasteiger partial charge in [0.15, 0.2) is 6.61 Å². The number of carbonyl (C=O) groups excluding carboxylic acids is 2. The molecule has 0 fully saturated rings. The number of ether oxygens (including phenoxy) is 1. The van der Waals surface area contributed by atoms with E-state index in [-0.39, 0.29) is 36.0 Å². The Morgan fingerprint density at radius 3 is 2.74 bits per heavy atom. The monoisotopic (exact) mass is 450 g/mol. The van der Waals surface area contributed by atoms with Gasteiger partial charge in [-0.25, -0.2) is 9.37 Å². The molecule has 0 saturated heterocycles. The lowest BCUT2D eigenvalue weighted by atomic mass is 10.1. The first-order valence-corrected chi connectivity index (χ1v) is 9.85. The lowest BCUT2D eigenvalue weighted by Gasteiger charge is -2.21. The van der Waals surface area contributed by atoms with Gasteiger partial charge in [-0.05, 0) is 32.4 Å². The molecule has 2 rings (SSSR count). The van der Waals surface area contributed by atoms with Crippen LogP contribution in [0.4, 0.5) is 4.39 Å². The van der Waals surface area contributed by atoms with Crippen LogP contribution in [0.25, 0.3) is 0 Å². The maximum absolute atomic E-state index is 13.4. The van der Waals surface area contributed by atoms with Crippen LogP contribution < -0.4 is 15.4 Å². The number of nitrogens with zero attached hydrogens (tertiary/aromatic N) is 2. The third-order valence-electron chi connectivity index (χ3n) is 4.41. The average Bonchev–Trinajstić information content (AvgIpc) is 2.74. The smallest absolute Gasteiger partial charge is 0.271 e. The molecule has 2 amide bonds. The van der Waals surface area contributed by atoms with Crippen molar-refractivity contribution in [3.05, 3.63) is 65.0 Å². The van der Waals surface area contributed by atoms with E-state index in [9.17, 15) is 19.1 Å². The van der Waals surface area contributed by atoms with Gasteiger partial charge in [0.05, 0.1) is 34.8 Å². The fourth-order valence-corrected chi connectivity index (χ4v) is 2.63. The molecule has 10 heteroatoms. The summed E-state index contributed by atoms with van der Waals surface area (Å²) < 4.78 is 18.6. The third-order valence-corrected chi connectivity index (χ3v) is 4.71. The summed E-state index contributed by atoms with van der Waals surface area (Å²) in [5, 5.41) is 15.5. The average molecular weight is 451 g/mol. The molecule has 2 atom stereocenters. The van der Waals surface area contributed by atoms with Crippen molar-refractivity contribution in [2.75, 3.05) is 13.2 Å². The highest BCUT2D eigenvalue weighted by molar-refractivity contribution is 6.30. The van der Waals surface area contributed by atoms with Gasteiger partial charge in [0.25, 0.3) is 11.8 Å². The van der Waals surface area contributed by atoms with Gasteiger partial charge in [-0.15, -0.1) is 6.58 Å². The summed E-state index contributed by atoms with van der Waals surface area (Å²) in [4.78, 5) is 32.5. The Hall–Kier alpha value is -3.04. The first-order chi connectivity index (χ1) is 14.7. The molecule has 0 bridgehead atoms. The molecule has 1 unspecified atom stereocenters. The number of aromatic nitrogens is 2. The Labute approximate surface area is 184 Å². The Morgan fingerprint density at radius 2 is 2.10 bits per heavy atom. The SMILES string of the molecule is C=CC(NC(=O)COc1ccc(Cl)c(F)c1)[C@@H](O)CCNC(=O)c1cnc(C)c(C)n1. The van der Waals surface area contributed by atoms with E-state index < -0.39 is 29.8 Å². The van der Waals surface area contributed by atoms with Gasteiger partial charge in [0.1, 0.15) is 17.3 Å². The highest BCUT2D eigenvalue weighted by Crippen LogP contribution is 2.20. The molecule has 0 aliphatic heterocycles. The number of aliphatic hydroxyl groups excluding tert-OH is 1. The summed E-state index contributed by atoms with van der Waals surface area (Å²) in [6.07, 6.45) is 1.92. The minimum Gasteiger partial charge on any atom is -0.484 e. The number of rotatable bonds is 10. The van der Waals surface area contributed by atoms with E-state index in [1.54, 1.807) is 13.8 Å². The Balaban J connectivity index is 1.78. The standard InChI is InChI=1S/C21H24ClFN4O4/c1-4-17(27-20(29)11-31-14-5-6-15(22)16(23)9-14)19(28)7-8-24-21(30)18-10-25-12(2)13(3)26-18/h4-6,9-10,17,19,28H,1,7-8,11H2,2-3H3,(H,24,30)(H,27,29)/t17?,19-/m0/s1. The summed E-state index contributed by atoms with van der Waals surface area (Å²) in [7, 11) is 0. The van der Waals surface area contributed by atoms with Crippen LogP contribution in [0.5, 0.6) is 5.75 Å². The quantitative estimate of drug-likeness (QED) is 0.478. The summed E-state index contributed by atoms with van der Waals surface area (Å²) in [6, 6.07) is 3.05. The zero-order chi connectivity index (χ0) is 23.0. The number of hydrogen-bond donors (Lipinski definition) is 3. The van der Waals surface area contributed by atoms with Gasteiger partial charge in [-0.2, -0.15) is 0 Å². The van der Waals surface area contributed by atoms with E-state index in [1.807, 2.05) is 0 Å². The van der Waals surface area contributed by atoms with Crippen molar-refractivity contribution in [1.82, 2.24) is 20.6 Å². The molecule has 1 heterocycles. The number of carbonyl (C=O) groups is 2. The normalized spacial score (nSPS) is 12.5. The number of aliphatic hydroxyl groups is 1. The number of aryl methyl sites for hydroxylation is 2. The van der Waals surface area contributed by atoms with Crippen LogP contribution in [-0.2, 0) is 4.79 Å². The van der Waals surface area contributed by atoms with Crippen LogP contribution in [0.15, 0.2) is 37.1 Å². The molecule has 0 radical (unpaired) electrons. The fraction of sp³-hybridized carbons (Fsp3) is 0.333. The molecule has 8 nitrogen and oxygen atoms in total. The van der Waals surface area contributed by atoms with E-state index in [0.29, 0.717) is 5.69 Å². The predicted octanol–water partition coefficient (Wildman–Crippen LogP) is 2.12. The van der Waals surface area contributed by atoms with E-state index in [4.69, 9.17) is 16.3 Å². The van der Waals surface area contributed by atoms with E-state index in [1.165, 1.54) is 24.4 Å². The summed E-state index contributed by atoms with van der Waals surface area (Å²) in [6.45, 7) is 6.91. The maximum Gasteiger partial charge on any atom is 0.271 e. The number of nitrogens with one attached hydrogen (secondary N) is 2. The van der Waals surface area contributed by atoms with E-state index >= 15 is 0 Å². The van der Waals surface area contributed by atoms with Crippen LogP contribution in [0.2, 0.25) is 5.02 Å². The van der Waals surface area contributed by atoms with Crippen LogP contribution in [0.1, 0.15) is 28.3 Å². The van der Waals surface area contributed by atoms with Gasteiger partial charge in [-0.3, -0.25) is 14.6 Å². The van der Waals surface area contributed by atoms with Gasteiger partial charge >= 0.3 is 0 Å². The van der Waals surface area contributed by atoms with Crippen LogP contribution in [-0.4, -0.2) is 52.2 Å². The van der Waals surface area contributed by atoms with Crippen molar-refractivity contribution in [1.29, 1.82) is 0 Å². The molecule has 1 aromatic carbocycles. The highest BCUT2D eigenvalue weighted by Gasteiger charge is 2.19. The van der Waals surface area contributed by atoms with Crippen molar-refractivity contribution >= 4 is 23.4 Å². The molecule has 31 heavy (non-hydrogen) atoms. The van der Waals surface area contributed by atoms with Gasteiger partial charge in [-0.1, -0.05) is 17.7 Å². The van der Waals surface area contributed by atoms with Gasteiger partial charge < -0.3 is 20.5 Å². The van der Waals surface area contributed by atoms with Crippen LogP contribution >= 0.6 is 11.6 Å². The first-order valence-electron chi connectivity index (χ1n) is 9.47. The zero-order valence-corrected chi connectivity index (χ0v) is 17.9. The Bertz CT molecular complexity index is 957. The van der Waals surface area contributed by atoms with Crippen LogP contribution in [0.3, 0.4) is 0 Å². The summed E-state index contributed by atoms with van der Waals surface area (Å²) >= 11 is 5.59. The Morgan fingerprint density at radius 1 is 1.35 bits per heavy atom. The third kappa shape index (κ3) is 7.30. The molecule has 3 N–H and O–H groups in total. The summed E-state index contributed by atoms with van der Waals surface area (Å²) in [5.41, 5.74) is 1.58.